The predicted molar refractivity (Wildman–Crippen MR) is 156 cm³/mol. The average molecular weight is 668 g/mol. The standard InChI is InChI=1S/C26H28Br2N4O5S/c1-5-35-25(34)22-15(4)30-26(38)31-23(22)18-8-6-7-9-20(18)36-13-21(33)32-29-12-16-10-17(27)11-19(28)24(16)37-14(2)3/h6-12,14,23H,5,13H2,1-4H3,(H,32,33)(H2,30,31,38)/t23-/m0/s1. The van der Waals surface area contributed by atoms with Crippen LogP contribution < -0.4 is 25.5 Å². The van der Waals surface area contributed by atoms with E-state index < -0.39 is 17.9 Å². The van der Waals surface area contributed by atoms with Crippen molar-refractivity contribution < 1.29 is 23.8 Å². The normalized spacial score (nSPS) is 15.2. The second-order valence-electron chi connectivity index (χ2n) is 8.38. The number of nitrogens with one attached hydrogen (secondary N) is 3. The van der Waals surface area contributed by atoms with Crippen LogP contribution in [0.5, 0.6) is 11.5 Å². The first kappa shape index (κ1) is 29.6. The van der Waals surface area contributed by atoms with E-state index in [1.165, 1.54) is 6.21 Å². The number of thiocarbonyl (C=S) groups is 1. The highest BCUT2D eigenvalue weighted by Gasteiger charge is 2.32. The van der Waals surface area contributed by atoms with Crippen molar-refractivity contribution in [3.8, 4) is 11.5 Å². The summed E-state index contributed by atoms with van der Waals surface area (Å²) in [6.45, 7) is 7.26. The van der Waals surface area contributed by atoms with Crippen molar-refractivity contribution in [3.05, 3.63) is 67.7 Å². The van der Waals surface area contributed by atoms with Gasteiger partial charge < -0.3 is 24.8 Å². The Balaban J connectivity index is 1.73. The number of benzene rings is 2. The zero-order valence-corrected chi connectivity index (χ0v) is 25.3. The van der Waals surface area contributed by atoms with E-state index >= 15 is 0 Å². The molecule has 1 amide bonds. The zero-order chi connectivity index (χ0) is 27.8. The number of para-hydroxylation sites is 1. The van der Waals surface area contributed by atoms with Crippen molar-refractivity contribution in [2.24, 2.45) is 5.10 Å². The SMILES string of the molecule is CCOC(=O)C1=C(C)NC(=S)N[C@H]1c1ccccc1OCC(=O)NN=Cc1cc(Br)cc(Br)c1OC(C)C. The van der Waals surface area contributed by atoms with Crippen molar-refractivity contribution in [2.75, 3.05) is 13.2 Å². The number of allylic oxidation sites excluding steroid dienone is 1. The summed E-state index contributed by atoms with van der Waals surface area (Å²) in [5, 5.41) is 10.5. The Morgan fingerprint density at radius 2 is 1.97 bits per heavy atom. The van der Waals surface area contributed by atoms with E-state index in [0.29, 0.717) is 39.0 Å². The molecule has 3 rings (SSSR count). The van der Waals surface area contributed by atoms with Crippen LogP contribution in [0.2, 0.25) is 0 Å². The van der Waals surface area contributed by atoms with Gasteiger partial charge >= 0.3 is 5.97 Å². The van der Waals surface area contributed by atoms with E-state index in [0.717, 1.165) is 8.95 Å². The van der Waals surface area contributed by atoms with Crippen LogP contribution in [0.1, 0.15) is 44.9 Å². The lowest BCUT2D eigenvalue weighted by Crippen LogP contribution is -2.45. The molecule has 0 fully saturated rings. The molecule has 0 spiro atoms. The Morgan fingerprint density at radius 3 is 2.68 bits per heavy atom. The maximum atomic E-state index is 12.7. The number of carbonyl (C=O) groups excluding carboxylic acids is 2. The number of hydrazone groups is 1. The van der Waals surface area contributed by atoms with Crippen LogP contribution in [0.15, 0.2) is 61.7 Å². The van der Waals surface area contributed by atoms with Crippen molar-refractivity contribution in [3.63, 3.8) is 0 Å². The highest BCUT2D eigenvalue weighted by atomic mass is 79.9. The number of ether oxygens (including phenoxy) is 3. The molecule has 0 aliphatic carbocycles. The third-order valence-electron chi connectivity index (χ3n) is 5.14. The van der Waals surface area contributed by atoms with Gasteiger partial charge in [-0.2, -0.15) is 5.10 Å². The topological polar surface area (TPSA) is 110 Å². The highest BCUT2D eigenvalue weighted by molar-refractivity contribution is 9.11. The van der Waals surface area contributed by atoms with Gasteiger partial charge in [0.25, 0.3) is 5.91 Å². The fourth-order valence-corrected chi connectivity index (χ4v) is 5.27. The lowest BCUT2D eigenvalue weighted by molar-refractivity contribution is -0.139. The Hall–Kier alpha value is -2.96. The smallest absolute Gasteiger partial charge is 0.338 e. The largest absolute Gasteiger partial charge is 0.489 e. The fourth-order valence-electron chi connectivity index (χ4n) is 3.64. The summed E-state index contributed by atoms with van der Waals surface area (Å²) in [6, 6.07) is 10.2. The van der Waals surface area contributed by atoms with Crippen LogP contribution >= 0.6 is 44.1 Å². The molecule has 2 aromatic carbocycles. The van der Waals surface area contributed by atoms with Gasteiger partial charge in [0, 0.05) is 21.3 Å². The molecule has 0 bridgehead atoms. The predicted octanol–water partition coefficient (Wildman–Crippen LogP) is 4.88. The maximum Gasteiger partial charge on any atom is 0.338 e. The molecule has 0 saturated heterocycles. The number of hydrogen-bond acceptors (Lipinski definition) is 7. The van der Waals surface area contributed by atoms with Gasteiger partial charge in [-0.1, -0.05) is 34.1 Å². The van der Waals surface area contributed by atoms with Crippen LogP contribution in [-0.4, -0.2) is 42.5 Å². The molecule has 1 heterocycles. The quantitative estimate of drug-likeness (QED) is 0.142. The molecule has 12 heteroatoms. The van der Waals surface area contributed by atoms with E-state index in [2.05, 4.69) is 53.0 Å². The summed E-state index contributed by atoms with van der Waals surface area (Å²) < 4.78 is 18.5. The van der Waals surface area contributed by atoms with E-state index in [4.69, 9.17) is 26.4 Å². The van der Waals surface area contributed by atoms with Gasteiger partial charge in [-0.05, 0) is 74.0 Å². The van der Waals surface area contributed by atoms with Crippen LogP contribution in [0, 0.1) is 0 Å². The van der Waals surface area contributed by atoms with Gasteiger partial charge in [-0.25, -0.2) is 10.2 Å². The summed E-state index contributed by atoms with van der Waals surface area (Å²) in [5.41, 5.74) is 4.73. The Kier molecular flexibility index (Phi) is 10.7. The molecule has 3 N–H and O–H groups in total. The number of halogens is 2. The molecule has 1 aliphatic rings. The minimum atomic E-state index is -0.616. The number of hydrogen-bond donors (Lipinski definition) is 3. The summed E-state index contributed by atoms with van der Waals surface area (Å²) >= 11 is 12.2. The first-order valence-corrected chi connectivity index (χ1v) is 13.7. The minimum absolute atomic E-state index is 0.0468. The highest BCUT2D eigenvalue weighted by Crippen LogP contribution is 2.34. The third-order valence-corrected chi connectivity index (χ3v) is 6.40. The first-order chi connectivity index (χ1) is 18.1. The Morgan fingerprint density at radius 1 is 1.24 bits per heavy atom. The number of nitrogens with zero attached hydrogens (tertiary/aromatic N) is 1. The van der Waals surface area contributed by atoms with Gasteiger partial charge in [0.2, 0.25) is 0 Å². The maximum absolute atomic E-state index is 12.7. The second-order valence-corrected chi connectivity index (χ2v) is 10.6. The first-order valence-electron chi connectivity index (χ1n) is 11.7. The van der Waals surface area contributed by atoms with Gasteiger partial charge in [-0.15, -0.1) is 0 Å². The molecular weight excluding hydrogens is 640 g/mol. The Bertz CT molecular complexity index is 1280. The van der Waals surface area contributed by atoms with Crippen LogP contribution in [-0.2, 0) is 14.3 Å². The number of amides is 1. The molecule has 0 saturated carbocycles. The molecule has 0 aromatic heterocycles. The third kappa shape index (κ3) is 7.78. The summed E-state index contributed by atoms with van der Waals surface area (Å²) in [5.74, 6) is 0.0773. The van der Waals surface area contributed by atoms with Gasteiger partial charge in [0.1, 0.15) is 11.5 Å². The van der Waals surface area contributed by atoms with Gasteiger partial charge in [0.05, 0.1) is 35.0 Å². The van der Waals surface area contributed by atoms with Crippen LogP contribution in [0.25, 0.3) is 0 Å². The van der Waals surface area contributed by atoms with E-state index in [9.17, 15) is 9.59 Å². The molecule has 0 unspecified atom stereocenters. The van der Waals surface area contributed by atoms with Crippen molar-refractivity contribution >= 4 is 67.3 Å². The summed E-state index contributed by atoms with van der Waals surface area (Å²) in [7, 11) is 0. The Labute approximate surface area is 243 Å². The molecule has 9 nitrogen and oxygen atoms in total. The van der Waals surface area contributed by atoms with Crippen molar-refractivity contribution in [1.82, 2.24) is 16.1 Å². The van der Waals surface area contributed by atoms with E-state index in [-0.39, 0.29) is 19.3 Å². The molecular formula is C26H28Br2N4O5S. The number of carbonyl (C=O) groups is 2. The number of rotatable bonds is 10. The van der Waals surface area contributed by atoms with Gasteiger partial charge in [0.15, 0.2) is 11.7 Å². The summed E-state index contributed by atoms with van der Waals surface area (Å²) in [4.78, 5) is 25.2. The second kappa shape index (κ2) is 13.7. The molecule has 38 heavy (non-hydrogen) atoms. The molecule has 1 aliphatic heterocycles. The number of esters is 1. The lowest BCUT2D eigenvalue weighted by Gasteiger charge is -2.30. The minimum Gasteiger partial charge on any atom is -0.489 e. The van der Waals surface area contributed by atoms with E-state index in [1.807, 2.05) is 32.0 Å². The zero-order valence-electron chi connectivity index (χ0n) is 21.3. The molecule has 0 radical (unpaired) electrons. The van der Waals surface area contributed by atoms with Crippen molar-refractivity contribution in [2.45, 2.75) is 39.8 Å². The molecule has 202 valence electrons. The monoisotopic (exact) mass is 666 g/mol. The average Bonchev–Trinajstić information content (AvgIpc) is 2.84. The van der Waals surface area contributed by atoms with Crippen LogP contribution in [0.4, 0.5) is 0 Å². The lowest BCUT2D eigenvalue weighted by atomic mass is 9.95. The molecule has 2 aromatic rings. The molecule has 1 atom stereocenters. The van der Waals surface area contributed by atoms with Gasteiger partial charge in [-0.3, -0.25) is 4.79 Å². The fraction of sp³-hybridized carbons (Fsp3) is 0.308. The van der Waals surface area contributed by atoms with Crippen LogP contribution in [0.3, 0.4) is 0 Å². The summed E-state index contributed by atoms with van der Waals surface area (Å²) in [6.07, 6.45) is 1.45. The van der Waals surface area contributed by atoms with E-state index in [1.54, 1.807) is 32.0 Å². The van der Waals surface area contributed by atoms with Crippen molar-refractivity contribution in [1.29, 1.82) is 0 Å².